The molecule has 0 aliphatic heterocycles. The molecule has 0 unspecified atom stereocenters. The van der Waals surface area contributed by atoms with E-state index in [9.17, 15) is 4.79 Å². The summed E-state index contributed by atoms with van der Waals surface area (Å²) in [5.41, 5.74) is 1.30. The third-order valence-electron chi connectivity index (χ3n) is 2.93. The van der Waals surface area contributed by atoms with Gasteiger partial charge < -0.3 is 9.32 Å². The second-order valence-electron chi connectivity index (χ2n) is 4.28. The number of hydrogen-bond donors (Lipinski definition) is 0. The summed E-state index contributed by atoms with van der Waals surface area (Å²) >= 11 is 1.71. The highest BCUT2D eigenvalue weighted by atomic mass is 32.1. The SMILES string of the molecule is O=Cc1ccc(N(Cc2ccsc2)C2CC2)o1. The van der Waals surface area contributed by atoms with E-state index >= 15 is 0 Å². The molecule has 3 rings (SSSR count). The van der Waals surface area contributed by atoms with Crippen LogP contribution in [0.2, 0.25) is 0 Å². The minimum Gasteiger partial charge on any atom is -0.438 e. The van der Waals surface area contributed by atoms with Crippen LogP contribution in [-0.4, -0.2) is 12.3 Å². The zero-order valence-electron chi connectivity index (χ0n) is 9.33. The zero-order valence-corrected chi connectivity index (χ0v) is 10.2. The molecule has 2 heterocycles. The molecule has 0 N–H and O–H groups in total. The largest absolute Gasteiger partial charge is 0.438 e. The van der Waals surface area contributed by atoms with Gasteiger partial charge in [0.2, 0.25) is 0 Å². The summed E-state index contributed by atoms with van der Waals surface area (Å²) in [4.78, 5) is 12.9. The quantitative estimate of drug-likeness (QED) is 0.760. The molecule has 0 aromatic carbocycles. The minimum atomic E-state index is 0.399. The summed E-state index contributed by atoms with van der Waals surface area (Å²) < 4.78 is 5.51. The van der Waals surface area contributed by atoms with Crippen LogP contribution in [-0.2, 0) is 6.54 Å². The Labute approximate surface area is 104 Å². The molecule has 3 nitrogen and oxygen atoms in total. The third-order valence-corrected chi connectivity index (χ3v) is 3.66. The molecule has 88 valence electrons. The summed E-state index contributed by atoms with van der Waals surface area (Å²) in [7, 11) is 0. The lowest BCUT2D eigenvalue weighted by molar-refractivity contribution is 0.110. The fourth-order valence-electron chi connectivity index (χ4n) is 1.91. The Morgan fingerprint density at radius 2 is 2.29 bits per heavy atom. The number of carbonyl (C=O) groups is 1. The second-order valence-corrected chi connectivity index (χ2v) is 5.06. The molecule has 2 aromatic rings. The lowest BCUT2D eigenvalue weighted by Gasteiger charge is -2.20. The van der Waals surface area contributed by atoms with Gasteiger partial charge in [-0.15, -0.1) is 0 Å². The van der Waals surface area contributed by atoms with Gasteiger partial charge in [-0.2, -0.15) is 11.3 Å². The van der Waals surface area contributed by atoms with E-state index in [1.165, 1.54) is 18.4 Å². The van der Waals surface area contributed by atoms with Crippen LogP contribution in [0.3, 0.4) is 0 Å². The van der Waals surface area contributed by atoms with Gasteiger partial charge in [0.1, 0.15) is 0 Å². The monoisotopic (exact) mass is 247 g/mol. The van der Waals surface area contributed by atoms with E-state index in [4.69, 9.17) is 4.42 Å². The number of rotatable bonds is 5. The van der Waals surface area contributed by atoms with Gasteiger partial charge in [0, 0.05) is 18.7 Å². The Kier molecular flexibility index (Phi) is 2.73. The van der Waals surface area contributed by atoms with Gasteiger partial charge in [0.15, 0.2) is 17.9 Å². The molecule has 4 heteroatoms. The van der Waals surface area contributed by atoms with Gasteiger partial charge in [0.25, 0.3) is 0 Å². The van der Waals surface area contributed by atoms with Gasteiger partial charge in [0.05, 0.1) is 0 Å². The van der Waals surface area contributed by atoms with Crippen LogP contribution in [0.1, 0.15) is 29.0 Å². The number of aldehydes is 1. The lowest BCUT2D eigenvalue weighted by Crippen LogP contribution is -2.24. The fourth-order valence-corrected chi connectivity index (χ4v) is 2.57. The molecule has 1 aliphatic carbocycles. The first-order chi connectivity index (χ1) is 8.36. The van der Waals surface area contributed by atoms with Crippen molar-refractivity contribution in [3.8, 4) is 0 Å². The summed E-state index contributed by atoms with van der Waals surface area (Å²) in [5.74, 6) is 1.21. The summed E-state index contributed by atoms with van der Waals surface area (Å²) in [6.07, 6.45) is 3.17. The van der Waals surface area contributed by atoms with Crippen molar-refractivity contribution < 1.29 is 9.21 Å². The lowest BCUT2D eigenvalue weighted by atomic mass is 10.3. The Balaban J connectivity index is 1.82. The predicted molar refractivity (Wildman–Crippen MR) is 67.6 cm³/mol. The molecular weight excluding hydrogens is 234 g/mol. The zero-order chi connectivity index (χ0) is 11.7. The fraction of sp³-hybridized carbons (Fsp3) is 0.308. The van der Waals surface area contributed by atoms with E-state index in [1.807, 2.05) is 6.07 Å². The van der Waals surface area contributed by atoms with Crippen molar-refractivity contribution in [2.45, 2.75) is 25.4 Å². The summed E-state index contributed by atoms with van der Waals surface area (Å²) in [6.45, 7) is 0.861. The van der Waals surface area contributed by atoms with Crippen LogP contribution >= 0.6 is 11.3 Å². The summed E-state index contributed by atoms with van der Waals surface area (Å²) in [6, 6.07) is 6.31. The first-order valence-electron chi connectivity index (χ1n) is 5.69. The number of hydrogen-bond acceptors (Lipinski definition) is 4. The summed E-state index contributed by atoms with van der Waals surface area (Å²) in [5, 5.41) is 4.23. The van der Waals surface area contributed by atoms with E-state index < -0.39 is 0 Å². The molecule has 0 atom stereocenters. The number of nitrogens with zero attached hydrogens (tertiary/aromatic N) is 1. The van der Waals surface area contributed by atoms with Crippen molar-refractivity contribution in [2.75, 3.05) is 4.90 Å². The molecule has 0 spiro atoms. The van der Waals surface area contributed by atoms with Gasteiger partial charge >= 0.3 is 0 Å². The highest BCUT2D eigenvalue weighted by molar-refractivity contribution is 7.07. The van der Waals surface area contributed by atoms with Gasteiger partial charge in [-0.1, -0.05) is 0 Å². The Bertz CT molecular complexity index is 499. The maximum Gasteiger partial charge on any atom is 0.196 e. The van der Waals surface area contributed by atoms with E-state index in [0.717, 1.165) is 18.7 Å². The van der Waals surface area contributed by atoms with E-state index in [-0.39, 0.29) is 0 Å². The van der Waals surface area contributed by atoms with Gasteiger partial charge in [-0.25, -0.2) is 0 Å². The Morgan fingerprint density at radius 1 is 1.41 bits per heavy atom. The van der Waals surface area contributed by atoms with Crippen molar-refractivity contribution in [3.05, 3.63) is 40.3 Å². The number of furan rings is 1. The normalized spacial score (nSPS) is 14.8. The third kappa shape index (κ3) is 2.26. The van der Waals surface area contributed by atoms with Crippen LogP contribution in [0.4, 0.5) is 5.88 Å². The van der Waals surface area contributed by atoms with Gasteiger partial charge in [-0.05, 0) is 41.3 Å². The minimum absolute atomic E-state index is 0.399. The number of carbonyl (C=O) groups excluding carboxylic acids is 1. The average molecular weight is 247 g/mol. The maximum atomic E-state index is 10.6. The van der Waals surface area contributed by atoms with Crippen molar-refractivity contribution >= 4 is 23.5 Å². The highest BCUT2D eigenvalue weighted by Crippen LogP contribution is 2.34. The number of thiophene rings is 1. The molecular formula is C13H13NO2S. The maximum absolute atomic E-state index is 10.6. The van der Waals surface area contributed by atoms with Crippen LogP contribution < -0.4 is 4.90 Å². The van der Waals surface area contributed by atoms with Crippen molar-refractivity contribution in [1.82, 2.24) is 0 Å². The van der Waals surface area contributed by atoms with Crippen LogP contribution in [0.5, 0.6) is 0 Å². The topological polar surface area (TPSA) is 33.5 Å². The van der Waals surface area contributed by atoms with E-state index in [2.05, 4.69) is 21.7 Å². The molecule has 0 radical (unpaired) electrons. The average Bonchev–Trinajstić information content (AvgIpc) is 2.88. The first-order valence-corrected chi connectivity index (χ1v) is 6.64. The van der Waals surface area contributed by atoms with E-state index in [0.29, 0.717) is 11.8 Å². The van der Waals surface area contributed by atoms with Crippen LogP contribution in [0, 0.1) is 0 Å². The molecule has 1 aliphatic rings. The smallest absolute Gasteiger partial charge is 0.196 e. The van der Waals surface area contributed by atoms with Crippen molar-refractivity contribution in [3.63, 3.8) is 0 Å². The van der Waals surface area contributed by atoms with Crippen molar-refractivity contribution in [1.29, 1.82) is 0 Å². The number of anilines is 1. The molecule has 1 fully saturated rings. The molecule has 0 bridgehead atoms. The predicted octanol–water partition coefficient (Wildman–Crippen LogP) is 3.32. The Hall–Kier alpha value is -1.55. The van der Waals surface area contributed by atoms with Crippen LogP contribution in [0.15, 0.2) is 33.4 Å². The highest BCUT2D eigenvalue weighted by Gasteiger charge is 2.31. The van der Waals surface area contributed by atoms with Crippen molar-refractivity contribution in [2.24, 2.45) is 0 Å². The molecule has 1 saturated carbocycles. The molecule has 2 aromatic heterocycles. The van der Waals surface area contributed by atoms with Gasteiger partial charge in [-0.3, -0.25) is 4.79 Å². The standard InChI is InChI=1S/C13H13NO2S/c15-8-12-3-4-13(16-12)14(11-1-2-11)7-10-5-6-17-9-10/h3-6,8-9,11H,1-2,7H2. The van der Waals surface area contributed by atoms with E-state index in [1.54, 1.807) is 17.4 Å². The van der Waals surface area contributed by atoms with Crippen LogP contribution in [0.25, 0.3) is 0 Å². The molecule has 0 saturated heterocycles. The first kappa shape index (κ1) is 10.6. The molecule has 0 amide bonds. The Morgan fingerprint density at radius 3 is 2.88 bits per heavy atom. The second kappa shape index (κ2) is 4.37. The molecule has 17 heavy (non-hydrogen) atoms.